The molecule has 0 spiro atoms. The molecule has 3 N–H and O–H groups in total. The number of anilines is 2. The summed E-state index contributed by atoms with van der Waals surface area (Å²) < 4.78 is 1.27. The standard InChI is InChI=1S/C12H11N5O3/c13-7-1-2-9-14-5-8(11(19)17(9)6-7)16-4-3-10(18)15-12(16)20/h1-2,5-6H,3-4,13H2,(H,15,18,20). The monoisotopic (exact) mass is 273 g/mol. The molecule has 3 heterocycles. The predicted molar refractivity (Wildman–Crippen MR) is 71.4 cm³/mol. The molecule has 1 aliphatic rings. The number of imide groups is 1. The first-order valence-corrected chi connectivity index (χ1v) is 5.94. The van der Waals surface area contributed by atoms with Crippen LogP contribution in [0, 0.1) is 0 Å². The first kappa shape index (κ1) is 12.2. The average molecular weight is 273 g/mol. The predicted octanol–water partition coefficient (Wildman–Crippen LogP) is -0.277. The van der Waals surface area contributed by atoms with Crippen molar-refractivity contribution in [2.45, 2.75) is 6.42 Å². The van der Waals surface area contributed by atoms with Gasteiger partial charge in [0, 0.05) is 24.8 Å². The third-order valence-electron chi connectivity index (χ3n) is 3.05. The number of pyridine rings is 1. The van der Waals surface area contributed by atoms with Gasteiger partial charge in [-0.25, -0.2) is 9.78 Å². The number of aromatic nitrogens is 2. The fraction of sp³-hybridized carbons (Fsp3) is 0.167. The number of nitrogens with zero attached hydrogens (tertiary/aromatic N) is 3. The molecule has 20 heavy (non-hydrogen) atoms. The van der Waals surface area contributed by atoms with Crippen molar-refractivity contribution >= 4 is 29.0 Å². The largest absolute Gasteiger partial charge is 0.398 e. The number of urea groups is 1. The zero-order valence-corrected chi connectivity index (χ0v) is 10.4. The van der Waals surface area contributed by atoms with Gasteiger partial charge >= 0.3 is 6.03 Å². The lowest BCUT2D eigenvalue weighted by Gasteiger charge is -2.25. The summed E-state index contributed by atoms with van der Waals surface area (Å²) >= 11 is 0. The van der Waals surface area contributed by atoms with Crippen molar-refractivity contribution in [2.75, 3.05) is 17.2 Å². The van der Waals surface area contributed by atoms with Crippen LogP contribution in [0.5, 0.6) is 0 Å². The molecular weight excluding hydrogens is 262 g/mol. The second kappa shape index (κ2) is 4.34. The second-order valence-electron chi connectivity index (χ2n) is 4.39. The van der Waals surface area contributed by atoms with Gasteiger partial charge in [0.25, 0.3) is 5.56 Å². The second-order valence-corrected chi connectivity index (χ2v) is 4.39. The third-order valence-corrected chi connectivity index (χ3v) is 3.05. The van der Waals surface area contributed by atoms with Crippen LogP contribution in [0.25, 0.3) is 5.65 Å². The normalized spacial score (nSPS) is 15.5. The van der Waals surface area contributed by atoms with Crippen LogP contribution in [-0.4, -0.2) is 27.9 Å². The quantitative estimate of drug-likeness (QED) is 0.742. The minimum Gasteiger partial charge on any atom is -0.398 e. The number of nitrogens with one attached hydrogen (secondary N) is 1. The van der Waals surface area contributed by atoms with E-state index in [-0.39, 0.29) is 24.6 Å². The fourth-order valence-electron chi connectivity index (χ4n) is 2.06. The molecule has 0 aromatic carbocycles. The number of rotatable bonds is 1. The van der Waals surface area contributed by atoms with Crippen molar-refractivity contribution in [3.63, 3.8) is 0 Å². The summed E-state index contributed by atoms with van der Waals surface area (Å²) in [6, 6.07) is 2.62. The van der Waals surface area contributed by atoms with Gasteiger partial charge in [-0.15, -0.1) is 0 Å². The van der Waals surface area contributed by atoms with E-state index in [4.69, 9.17) is 5.73 Å². The highest BCUT2D eigenvalue weighted by atomic mass is 16.2. The van der Waals surface area contributed by atoms with Gasteiger partial charge in [0.2, 0.25) is 5.91 Å². The smallest absolute Gasteiger partial charge is 0.328 e. The molecule has 1 aliphatic heterocycles. The Morgan fingerprint density at radius 1 is 1.25 bits per heavy atom. The van der Waals surface area contributed by atoms with Gasteiger partial charge in [-0.1, -0.05) is 0 Å². The fourth-order valence-corrected chi connectivity index (χ4v) is 2.06. The number of hydrogen-bond donors (Lipinski definition) is 2. The minimum atomic E-state index is -0.621. The number of hydrogen-bond acceptors (Lipinski definition) is 5. The van der Waals surface area contributed by atoms with Crippen LogP contribution in [0.1, 0.15) is 6.42 Å². The molecule has 0 bridgehead atoms. The van der Waals surface area contributed by atoms with E-state index in [0.717, 1.165) is 0 Å². The summed E-state index contributed by atoms with van der Waals surface area (Å²) in [5.74, 6) is -0.357. The van der Waals surface area contributed by atoms with Gasteiger partial charge in [-0.3, -0.25) is 24.2 Å². The van der Waals surface area contributed by atoms with Crippen LogP contribution in [0.15, 0.2) is 29.3 Å². The number of nitrogens with two attached hydrogens (primary N) is 1. The van der Waals surface area contributed by atoms with Gasteiger partial charge in [0.15, 0.2) is 0 Å². The Labute approximate surface area is 112 Å². The molecule has 0 unspecified atom stereocenters. The van der Waals surface area contributed by atoms with Crippen LogP contribution >= 0.6 is 0 Å². The Bertz CT molecular complexity index is 782. The molecule has 2 aromatic rings. The van der Waals surface area contributed by atoms with Crippen molar-refractivity contribution in [1.29, 1.82) is 0 Å². The number of fused-ring (bicyclic) bond motifs is 1. The average Bonchev–Trinajstić information content (AvgIpc) is 2.41. The van der Waals surface area contributed by atoms with E-state index in [0.29, 0.717) is 11.3 Å². The summed E-state index contributed by atoms with van der Waals surface area (Å²) in [7, 11) is 0. The van der Waals surface area contributed by atoms with Crippen LogP contribution in [-0.2, 0) is 4.79 Å². The lowest BCUT2D eigenvalue weighted by Crippen LogP contribution is -2.51. The van der Waals surface area contributed by atoms with Crippen molar-refractivity contribution < 1.29 is 9.59 Å². The molecule has 102 valence electrons. The first-order valence-electron chi connectivity index (χ1n) is 5.94. The van der Waals surface area contributed by atoms with Crippen LogP contribution in [0.2, 0.25) is 0 Å². The summed E-state index contributed by atoms with van der Waals surface area (Å²) in [6.07, 6.45) is 2.91. The SMILES string of the molecule is Nc1ccc2ncc(N3CCC(=O)NC3=O)c(=O)n2c1. The maximum atomic E-state index is 12.4. The van der Waals surface area contributed by atoms with Crippen molar-refractivity contribution in [1.82, 2.24) is 14.7 Å². The van der Waals surface area contributed by atoms with Crippen molar-refractivity contribution in [2.24, 2.45) is 0 Å². The molecule has 1 saturated heterocycles. The Morgan fingerprint density at radius 2 is 2.05 bits per heavy atom. The summed E-state index contributed by atoms with van der Waals surface area (Å²) in [4.78, 5) is 40.6. The van der Waals surface area contributed by atoms with E-state index in [1.807, 2.05) is 0 Å². The number of carbonyl (C=O) groups excluding carboxylic acids is 2. The maximum Gasteiger partial charge on any atom is 0.328 e. The maximum absolute atomic E-state index is 12.4. The third kappa shape index (κ3) is 1.87. The summed E-state index contributed by atoms with van der Waals surface area (Å²) in [5.41, 5.74) is 6.19. The number of amides is 3. The van der Waals surface area contributed by atoms with E-state index in [9.17, 15) is 14.4 Å². The van der Waals surface area contributed by atoms with Crippen LogP contribution in [0.4, 0.5) is 16.2 Å². The molecule has 0 atom stereocenters. The zero-order chi connectivity index (χ0) is 14.3. The Kier molecular flexibility index (Phi) is 2.63. The zero-order valence-electron chi connectivity index (χ0n) is 10.4. The molecule has 8 heteroatoms. The molecule has 3 rings (SSSR count). The minimum absolute atomic E-state index is 0.109. The Hall–Kier alpha value is -2.90. The Morgan fingerprint density at radius 3 is 2.80 bits per heavy atom. The molecule has 1 fully saturated rings. The molecule has 2 aromatic heterocycles. The lowest BCUT2D eigenvalue weighted by atomic mass is 10.3. The van der Waals surface area contributed by atoms with E-state index in [1.54, 1.807) is 12.1 Å². The van der Waals surface area contributed by atoms with Gasteiger partial charge in [0.1, 0.15) is 11.3 Å². The van der Waals surface area contributed by atoms with Crippen molar-refractivity contribution in [3.8, 4) is 0 Å². The highest BCUT2D eigenvalue weighted by Crippen LogP contribution is 2.13. The molecular formula is C12H11N5O3. The highest BCUT2D eigenvalue weighted by Gasteiger charge is 2.26. The molecule has 0 radical (unpaired) electrons. The Balaban J connectivity index is 2.13. The molecule has 8 nitrogen and oxygen atoms in total. The van der Waals surface area contributed by atoms with Gasteiger partial charge in [-0.2, -0.15) is 0 Å². The van der Waals surface area contributed by atoms with E-state index in [2.05, 4.69) is 10.3 Å². The van der Waals surface area contributed by atoms with E-state index < -0.39 is 11.6 Å². The van der Waals surface area contributed by atoms with Crippen molar-refractivity contribution in [3.05, 3.63) is 34.9 Å². The number of nitrogen functional groups attached to an aromatic ring is 1. The van der Waals surface area contributed by atoms with Gasteiger partial charge < -0.3 is 5.73 Å². The number of carbonyl (C=O) groups is 2. The van der Waals surface area contributed by atoms with E-state index >= 15 is 0 Å². The van der Waals surface area contributed by atoms with Crippen LogP contribution < -0.4 is 21.5 Å². The topological polar surface area (TPSA) is 110 Å². The molecule has 0 aliphatic carbocycles. The molecule has 0 saturated carbocycles. The summed E-state index contributed by atoms with van der Waals surface area (Å²) in [6.45, 7) is 0.149. The first-order chi connectivity index (χ1) is 9.56. The van der Waals surface area contributed by atoms with Gasteiger partial charge in [0.05, 0.1) is 6.20 Å². The molecule has 3 amide bonds. The van der Waals surface area contributed by atoms with E-state index in [1.165, 1.54) is 21.7 Å². The van der Waals surface area contributed by atoms with Gasteiger partial charge in [-0.05, 0) is 12.1 Å². The highest BCUT2D eigenvalue weighted by molar-refractivity contribution is 6.05. The summed E-state index contributed by atoms with van der Waals surface area (Å²) in [5, 5.41) is 2.16. The van der Waals surface area contributed by atoms with Crippen LogP contribution in [0.3, 0.4) is 0 Å². The lowest BCUT2D eigenvalue weighted by molar-refractivity contribution is -0.120.